The molecule has 9 heteroatoms. The van der Waals surface area contributed by atoms with Gasteiger partial charge < -0.3 is 15.0 Å². The molecule has 1 unspecified atom stereocenters. The Labute approximate surface area is 214 Å². The van der Waals surface area contributed by atoms with Gasteiger partial charge in [-0.3, -0.25) is 9.78 Å². The van der Waals surface area contributed by atoms with E-state index in [9.17, 15) is 9.59 Å². The zero-order chi connectivity index (χ0) is 23.2. The minimum atomic E-state index is -0.408. The average Bonchev–Trinajstić information content (AvgIpc) is 2.90. The van der Waals surface area contributed by atoms with Crippen LogP contribution in [0.25, 0.3) is 0 Å². The van der Waals surface area contributed by atoms with Crippen molar-refractivity contribution in [2.45, 2.75) is 37.5 Å². The molecule has 1 aromatic carbocycles. The highest BCUT2D eigenvalue weighted by Crippen LogP contribution is 2.49. The lowest BCUT2D eigenvalue weighted by Gasteiger charge is -2.43. The molecule has 33 heavy (non-hydrogen) atoms. The number of amides is 2. The van der Waals surface area contributed by atoms with Crippen molar-refractivity contribution in [2.24, 2.45) is 5.92 Å². The highest BCUT2D eigenvalue weighted by Gasteiger charge is 2.45. The van der Waals surface area contributed by atoms with Crippen LogP contribution in [0.3, 0.4) is 0 Å². The Morgan fingerprint density at radius 1 is 1.21 bits per heavy atom. The number of cyclic esters (lactones) is 1. The summed E-state index contributed by atoms with van der Waals surface area (Å²) < 4.78 is 7.04. The maximum absolute atomic E-state index is 13.0. The fourth-order valence-corrected chi connectivity index (χ4v) is 7.15. The smallest absolute Gasteiger partial charge is 0.407 e. The summed E-state index contributed by atoms with van der Waals surface area (Å²) in [6, 6.07) is 6.24. The molecule has 3 heterocycles. The number of likely N-dealkylation sites (tertiary alicyclic amines) is 1. The number of hydrogen-bond acceptors (Lipinski definition) is 4. The third-order valence-electron chi connectivity index (χ3n) is 7.08. The molecular formula is C24H24Br2ClN3O3. The molecule has 6 nitrogen and oxygen atoms in total. The first-order chi connectivity index (χ1) is 15.9. The Kier molecular flexibility index (Phi) is 6.44. The van der Waals surface area contributed by atoms with Gasteiger partial charge in [0.2, 0.25) is 5.91 Å². The summed E-state index contributed by atoms with van der Waals surface area (Å²) in [7, 11) is 0. The van der Waals surface area contributed by atoms with E-state index in [1.165, 1.54) is 16.7 Å². The first-order valence-electron chi connectivity index (χ1n) is 11.2. The predicted octanol–water partition coefficient (Wildman–Crippen LogP) is 5.01. The van der Waals surface area contributed by atoms with E-state index in [0.29, 0.717) is 32.7 Å². The van der Waals surface area contributed by atoms with Crippen LogP contribution in [0.2, 0.25) is 5.02 Å². The zero-order valence-electron chi connectivity index (χ0n) is 18.0. The van der Waals surface area contributed by atoms with Gasteiger partial charge in [-0.2, -0.15) is 0 Å². The fourth-order valence-electron chi connectivity index (χ4n) is 5.51. The zero-order valence-corrected chi connectivity index (χ0v) is 21.9. The molecule has 2 saturated heterocycles. The molecule has 1 atom stereocenters. The van der Waals surface area contributed by atoms with Crippen molar-refractivity contribution in [3.63, 3.8) is 0 Å². The maximum atomic E-state index is 13.0. The molecule has 1 aliphatic carbocycles. The van der Waals surface area contributed by atoms with Crippen LogP contribution in [0.1, 0.15) is 41.6 Å². The lowest BCUT2D eigenvalue weighted by atomic mass is 9.68. The number of pyridine rings is 1. The minimum absolute atomic E-state index is 0.0146. The van der Waals surface area contributed by atoms with Crippen molar-refractivity contribution in [2.75, 3.05) is 26.2 Å². The number of aryl methyl sites for hydroxylation is 2. The van der Waals surface area contributed by atoms with E-state index < -0.39 is 6.09 Å². The van der Waals surface area contributed by atoms with Gasteiger partial charge in [0, 0.05) is 57.6 Å². The SMILES string of the molecule is O=C1NCC(CC(=O)N2CCC3(CC2)c2ncc(Br)cc2CCc2cc(Cl)cc(Br)c23)CO1. The Balaban J connectivity index is 1.44. The van der Waals surface area contributed by atoms with Crippen molar-refractivity contribution >= 4 is 55.5 Å². The first kappa shape index (κ1) is 23.1. The number of aromatic nitrogens is 1. The predicted molar refractivity (Wildman–Crippen MR) is 133 cm³/mol. The van der Waals surface area contributed by atoms with Crippen LogP contribution in [-0.2, 0) is 27.8 Å². The minimum Gasteiger partial charge on any atom is -0.449 e. The summed E-state index contributed by atoms with van der Waals surface area (Å²) in [5, 5.41) is 3.40. The van der Waals surface area contributed by atoms with Crippen LogP contribution < -0.4 is 5.32 Å². The van der Waals surface area contributed by atoms with E-state index in [1.807, 2.05) is 17.2 Å². The van der Waals surface area contributed by atoms with Gasteiger partial charge in [0.25, 0.3) is 0 Å². The second kappa shape index (κ2) is 9.19. The molecule has 2 amide bonds. The van der Waals surface area contributed by atoms with E-state index in [-0.39, 0.29) is 17.2 Å². The number of hydrogen-bond donors (Lipinski definition) is 1. The summed E-state index contributed by atoms with van der Waals surface area (Å²) in [5.41, 5.74) is 4.60. The molecule has 1 spiro atoms. The third-order valence-corrected chi connectivity index (χ3v) is 8.36. The molecule has 3 aliphatic rings. The normalized spacial score (nSPS) is 21.5. The summed E-state index contributed by atoms with van der Waals surface area (Å²) in [6.07, 6.45) is 5.25. The topological polar surface area (TPSA) is 71.5 Å². The number of ether oxygens (including phenoxy) is 1. The molecule has 2 aromatic rings. The van der Waals surface area contributed by atoms with Gasteiger partial charge in [-0.1, -0.05) is 27.5 Å². The Bertz CT molecular complexity index is 1110. The van der Waals surface area contributed by atoms with Crippen LogP contribution in [0, 0.1) is 5.92 Å². The molecule has 174 valence electrons. The summed E-state index contributed by atoms with van der Waals surface area (Å²) in [6.45, 7) is 2.09. The Morgan fingerprint density at radius 2 is 1.97 bits per heavy atom. The van der Waals surface area contributed by atoms with E-state index in [4.69, 9.17) is 21.3 Å². The Hall–Kier alpha value is -1.64. The monoisotopic (exact) mass is 595 g/mol. The lowest BCUT2D eigenvalue weighted by molar-refractivity contribution is -0.134. The van der Waals surface area contributed by atoms with Gasteiger partial charge >= 0.3 is 6.09 Å². The highest BCUT2D eigenvalue weighted by molar-refractivity contribution is 9.10. The lowest BCUT2D eigenvalue weighted by Crippen LogP contribution is -2.48. The number of halogens is 3. The maximum Gasteiger partial charge on any atom is 0.407 e. The van der Waals surface area contributed by atoms with Crippen molar-refractivity contribution in [1.29, 1.82) is 0 Å². The first-order valence-corrected chi connectivity index (χ1v) is 13.1. The number of nitrogens with one attached hydrogen (secondary N) is 1. The van der Waals surface area contributed by atoms with Gasteiger partial charge in [-0.25, -0.2) is 4.79 Å². The second-order valence-electron chi connectivity index (χ2n) is 9.10. The van der Waals surface area contributed by atoms with Crippen LogP contribution in [-0.4, -0.2) is 48.1 Å². The van der Waals surface area contributed by atoms with Crippen LogP contribution in [0.4, 0.5) is 4.79 Å². The number of piperidine rings is 1. The van der Waals surface area contributed by atoms with Gasteiger partial charge in [-0.15, -0.1) is 0 Å². The van der Waals surface area contributed by atoms with Gasteiger partial charge in [0.1, 0.15) is 0 Å². The van der Waals surface area contributed by atoms with Crippen molar-refractivity contribution in [3.8, 4) is 0 Å². The number of nitrogens with zero attached hydrogens (tertiary/aromatic N) is 2. The molecule has 0 saturated carbocycles. The van der Waals surface area contributed by atoms with Gasteiger partial charge in [-0.05, 0) is 76.5 Å². The number of alkyl carbamates (subject to hydrolysis) is 1. The summed E-state index contributed by atoms with van der Waals surface area (Å²) in [4.78, 5) is 31.1. The summed E-state index contributed by atoms with van der Waals surface area (Å²) >= 11 is 13.8. The van der Waals surface area contributed by atoms with E-state index in [0.717, 1.165) is 45.3 Å². The molecule has 2 aliphatic heterocycles. The van der Waals surface area contributed by atoms with Crippen molar-refractivity contribution in [3.05, 3.63) is 60.7 Å². The van der Waals surface area contributed by atoms with E-state index in [2.05, 4.69) is 49.3 Å². The summed E-state index contributed by atoms with van der Waals surface area (Å²) in [5.74, 6) is 0.128. The van der Waals surface area contributed by atoms with Crippen LogP contribution >= 0.6 is 43.5 Å². The second-order valence-corrected chi connectivity index (χ2v) is 11.3. The molecule has 0 radical (unpaired) electrons. The van der Waals surface area contributed by atoms with Crippen LogP contribution in [0.15, 0.2) is 33.3 Å². The molecule has 1 N–H and O–H groups in total. The molecular weight excluding hydrogens is 574 g/mol. The molecule has 2 fully saturated rings. The van der Waals surface area contributed by atoms with Crippen LogP contribution in [0.5, 0.6) is 0 Å². The van der Waals surface area contributed by atoms with E-state index in [1.54, 1.807) is 0 Å². The van der Waals surface area contributed by atoms with Crippen molar-refractivity contribution in [1.82, 2.24) is 15.2 Å². The molecule has 5 rings (SSSR count). The standard InChI is InChI=1S/C24H24Br2ClN3O3/c25-17-8-16-2-1-15-9-18(27)10-19(26)21(15)24(22(16)28-12-17)3-5-30(6-4-24)20(31)7-14-11-29-23(32)33-13-14/h8-10,12,14H,1-7,11,13H2,(H,29,32). The number of fused-ring (bicyclic) bond motifs is 4. The number of rotatable bonds is 2. The average molecular weight is 598 g/mol. The van der Waals surface area contributed by atoms with Gasteiger partial charge in [0.15, 0.2) is 0 Å². The number of benzene rings is 1. The highest BCUT2D eigenvalue weighted by atomic mass is 79.9. The Morgan fingerprint density at radius 3 is 2.70 bits per heavy atom. The largest absolute Gasteiger partial charge is 0.449 e. The third kappa shape index (κ3) is 4.42. The number of carbonyl (C=O) groups excluding carboxylic acids is 2. The molecule has 0 bridgehead atoms. The van der Waals surface area contributed by atoms with Gasteiger partial charge in [0.05, 0.1) is 12.3 Å². The quantitative estimate of drug-likeness (QED) is 0.529. The van der Waals surface area contributed by atoms with E-state index >= 15 is 0 Å². The van der Waals surface area contributed by atoms with Crippen molar-refractivity contribution < 1.29 is 14.3 Å². The molecule has 1 aromatic heterocycles. The fraction of sp³-hybridized carbons (Fsp3) is 0.458. The number of carbonyl (C=O) groups is 2.